The number of amides is 1. The highest BCUT2D eigenvalue weighted by atomic mass is 35.5. The van der Waals surface area contributed by atoms with Crippen molar-refractivity contribution in [1.82, 2.24) is 0 Å². The number of benzene rings is 2. The zero-order valence-corrected chi connectivity index (χ0v) is 12.7. The molecule has 0 spiro atoms. The van der Waals surface area contributed by atoms with Gasteiger partial charge in [-0.25, -0.2) is 0 Å². The molecule has 0 saturated heterocycles. The summed E-state index contributed by atoms with van der Waals surface area (Å²) in [6, 6.07) is 13.2. The van der Waals surface area contributed by atoms with Gasteiger partial charge >= 0.3 is 0 Å². The van der Waals surface area contributed by atoms with E-state index in [1.54, 1.807) is 0 Å². The van der Waals surface area contributed by atoms with E-state index >= 15 is 0 Å². The molecule has 20 heavy (non-hydrogen) atoms. The number of carbonyl (C=O) groups is 1. The van der Waals surface area contributed by atoms with E-state index in [1.165, 1.54) is 5.56 Å². The third kappa shape index (κ3) is 3.20. The predicted octanol–water partition coefficient (Wildman–Crippen LogP) is 5.02. The molecule has 2 aromatic carbocycles. The highest BCUT2D eigenvalue weighted by molar-refractivity contribution is 6.31. The fourth-order valence-corrected chi connectivity index (χ4v) is 2.13. The molecule has 2 nitrogen and oxygen atoms in total. The number of halogens is 1. The van der Waals surface area contributed by atoms with Gasteiger partial charge in [0.15, 0.2) is 0 Å². The minimum absolute atomic E-state index is 0.120. The van der Waals surface area contributed by atoms with Crippen LogP contribution in [-0.2, 0) is 0 Å². The average molecular weight is 288 g/mol. The van der Waals surface area contributed by atoms with Gasteiger partial charge in [0.25, 0.3) is 5.91 Å². The van der Waals surface area contributed by atoms with Gasteiger partial charge in [0.05, 0.1) is 0 Å². The van der Waals surface area contributed by atoms with E-state index in [0.717, 1.165) is 11.3 Å². The second kappa shape index (κ2) is 6.10. The van der Waals surface area contributed by atoms with E-state index in [0.29, 0.717) is 16.5 Å². The molecule has 0 aliphatic carbocycles. The number of rotatable bonds is 3. The fraction of sp³-hybridized carbons (Fsp3) is 0.235. The maximum absolute atomic E-state index is 12.2. The van der Waals surface area contributed by atoms with E-state index < -0.39 is 0 Å². The third-order valence-electron chi connectivity index (χ3n) is 3.36. The first-order chi connectivity index (χ1) is 9.49. The molecule has 0 bridgehead atoms. The number of hydrogen-bond acceptors (Lipinski definition) is 1. The van der Waals surface area contributed by atoms with E-state index in [1.807, 2.05) is 49.4 Å². The topological polar surface area (TPSA) is 29.1 Å². The molecule has 2 rings (SSSR count). The highest BCUT2D eigenvalue weighted by Gasteiger charge is 2.09. The Balaban J connectivity index is 2.18. The molecule has 1 N–H and O–H groups in total. The molecule has 0 radical (unpaired) electrons. The summed E-state index contributed by atoms with van der Waals surface area (Å²) in [6.45, 7) is 6.15. The lowest BCUT2D eigenvalue weighted by Gasteiger charge is -2.10. The average Bonchev–Trinajstić information content (AvgIpc) is 2.44. The molecule has 104 valence electrons. The molecule has 0 heterocycles. The first-order valence-electron chi connectivity index (χ1n) is 6.65. The van der Waals surface area contributed by atoms with Crippen molar-refractivity contribution in [2.75, 3.05) is 5.32 Å². The summed E-state index contributed by atoms with van der Waals surface area (Å²) in [6.07, 6.45) is 0. The van der Waals surface area contributed by atoms with Crippen molar-refractivity contribution in [2.45, 2.75) is 26.7 Å². The molecule has 0 aliphatic rings. The summed E-state index contributed by atoms with van der Waals surface area (Å²) < 4.78 is 0. The van der Waals surface area contributed by atoms with Crippen molar-refractivity contribution < 1.29 is 4.79 Å². The first kappa shape index (κ1) is 14.6. The van der Waals surface area contributed by atoms with Crippen molar-refractivity contribution in [2.24, 2.45) is 0 Å². The van der Waals surface area contributed by atoms with Gasteiger partial charge in [-0.2, -0.15) is 0 Å². The van der Waals surface area contributed by atoms with Gasteiger partial charge < -0.3 is 5.32 Å². The number of nitrogens with one attached hydrogen (secondary N) is 1. The molecule has 2 aromatic rings. The smallest absolute Gasteiger partial charge is 0.255 e. The van der Waals surface area contributed by atoms with Gasteiger partial charge in [-0.05, 0) is 48.2 Å². The van der Waals surface area contributed by atoms with Crippen molar-refractivity contribution in [3.8, 4) is 0 Å². The second-order valence-electron chi connectivity index (χ2n) is 5.14. The predicted molar refractivity (Wildman–Crippen MR) is 84.7 cm³/mol. The Bertz CT molecular complexity index is 617. The molecule has 0 unspecified atom stereocenters. The van der Waals surface area contributed by atoms with E-state index in [4.69, 9.17) is 11.6 Å². The van der Waals surface area contributed by atoms with Crippen LogP contribution in [-0.4, -0.2) is 5.91 Å². The van der Waals surface area contributed by atoms with Gasteiger partial charge in [0, 0.05) is 16.3 Å². The molecule has 0 aliphatic heterocycles. The molecule has 0 atom stereocenters. The van der Waals surface area contributed by atoms with Gasteiger partial charge in [-0.1, -0.05) is 43.6 Å². The van der Waals surface area contributed by atoms with Crippen LogP contribution in [0.4, 0.5) is 5.69 Å². The largest absolute Gasteiger partial charge is 0.322 e. The summed E-state index contributed by atoms with van der Waals surface area (Å²) in [7, 11) is 0. The van der Waals surface area contributed by atoms with E-state index in [2.05, 4.69) is 19.2 Å². The first-order valence-corrected chi connectivity index (χ1v) is 7.03. The lowest BCUT2D eigenvalue weighted by molar-refractivity contribution is 0.102. The van der Waals surface area contributed by atoms with E-state index in [9.17, 15) is 4.79 Å². The number of anilines is 1. The van der Waals surface area contributed by atoms with Crippen molar-refractivity contribution >= 4 is 23.2 Å². The van der Waals surface area contributed by atoms with E-state index in [-0.39, 0.29) is 5.91 Å². The lowest BCUT2D eigenvalue weighted by atomic mass is 10.0. The molecule has 0 aromatic heterocycles. The SMILES string of the molecule is Cc1c(Cl)cccc1NC(=O)c1ccc(C(C)C)cc1. The summed E-state index contributed by atoms with van der Waals surface area (Å²) in [4.78, 5) is 12.2. The van der Waals surface area contributed by atoms with Crippen molar-refractivity contribution in [3.05, 3.63) is 64.2 Å². The highest BCUT2D eigenvalue weighted by Crippen LogP contribution is 2.23. The summed E-state index contributed by atoms with van der Waals surface area (Å²) in [5.41, 5.74) is 3.49. The fourth-order valence-electron chi connectivity index (χ4n) is 1.96. The molecule has 0 fully saturated rings. The lowest BCUT2D eigenvalue weighted by Crippen LogP contribution is -2.12. The molecular formula is C17H18ClNO. The maximum atomic E-state index is 12.2. The van der Waals surface area contributed by atoms with Crippen LogP contribution in [0.25, 0.3) is 0 Å². The van der Waals surface area contributed by atoms with Crippen LogP contribution in [0.3, 0.4) is 0 Å². The number of hydrogen-bond donors (Lipinski definition) is 1. The van der Waals surface area contributed by atoms with Crippen LogP contribution in [0.1, 0.15) is 41.3 Å². The maximum Gasteiger partial charge on any atom is 0.255 e. The van der Waals surface area contributed by atoms with Crippen molar-refractivity contribution in [3.63, 3.8) is 0 Å². The Kier molecular flexibility index (Phi) is 4.46. The van der Waals surface area contributed by atoms with Crippen LogP contribution in [0.2, 0.25) is 5.02 Å². The number of carbonyl (C=O) groups excluding carboxylic acids is 1. The minimum Gasteiger partial charge on any atom is -0.322 e. The Labute approximate surface area is 124 Å². The molecule has 1 amide bonds. The van der Waals surface area contributed by atoms with Crippen LogP contribution in [0.5, 0.6) is 0 Å². The van der Waals surface area contributed by atoms with Crippen LogP contribution >= 0.6 is 11.6 Å². The Morgan fingerprint density at radius 2 is 1.75 bits per heavy atom. The van der Waals surface area contributed by atoms with Gasteiger partial charge in [0.1, 0.15) is 0 Å². The summed E-state index contributed by atoms with van der Waals surface area (Å²) >= 11 is 6.05. The molecular weight excluding hydrogens is 270 g/mol. The monoisotopic (exact) mass is 287 g/mol. The minimum atomic E-state index is -0.120. The molecule has 0 saturated carbocycles. The summed E-state index contributed by atoms with van der Waals surface area (Å²) in [5.74, 6) is 0.341. The van der Waals surface area contributed by atoms with Gasteiger partial charge in [0.2, 0.25) is 0 Å². The van der Waals surface area contributed by atoms with Gasteiger partial charge in [-0.3, -0.25) is 4.79 Å². The van der Waals surface area contributed by atoms with Crippen LogP contribution in [0.15, 0.2) is 42.5 Å². The third-order valence-corrected chi connectivity index (χ3v) is 3.76. The van der Waals surface area contributed by atoms with Crippen LogP contribution < -0.4 is 5.32 Å². The normalized spacial score (nSPS) is 10.7. The van der Waals surface area contributed by atoms with Crippen LogP contribution in [0, 0.1) is 6.92 Å². The zero-order valence-electron chi connectivity index (χ0n) is 11.9. The van der Waals surface area contributed by atoms with Gasteiger partial charge in [-0.15, -0.1) is 0 Å². The van der Waals surface area contributed by atoms with Crippen molar-refractivity contribution in [1.29, 1.82) is 0 Å². The summed E-state index contributed by atoms with van der Waals surface area (Å²) in [5, 5.41) is 3.54. The molecule has 3 heteroatoms. The Hall–Kier alpha value is -1.80. The Morgan fingerprint density at radius 1 is 1.10 bits per heavy atom. The zero-order chi connectivity index (χ0) is 14.7. The standard InChI is InChI=1S/C17H18ClNO/c1-11(2)13-7-9-14(10-8-13)17(20)19-16-6-4-5-15(18)12(16)3/h4-11H,1-3H3,(H,19,20). The second-order valence-corrected chi connectivity index (χ2v) is 5.55. The Morgan fingerprint density at radius 3 is 2.35 bits per heavy atom. The quantitative estimate of drug-likeness (QED) is 0.843.